The van der Waals surface area contributed by atoms with Crippen molar-refractivity contribution in [3.63, 3.8) is 0 Å². The van der Waals surface area contributed by atoms with Crippen LogP contribution in [-0.4, -0.2) is 30.9 Å². The molecule has 2 aromatic rings. The Morgan fingerprint density at radius 3 is 2.52 bits per heavy atom. The maximum absolute atomic E-state index is 11.9. The smallest absolute Gasteiger partial charge is 0.325 e. The number of benzene rings is 2. The number of carbonyl (C=O) groups excluding carboxylic acids is 2. The van der Waals surface area contributed by atoms with E-state index in [0.717, 1.165) is 4.90 Å². The average molecular weight is 379 g/mol. The van der Waals surface area contributed by atoms with Crippen LogP contribution in [0.1, 0.15) is 0 Å². The third-order valence-electron chi connectivity index (χ3n) is 3.24. The van der Waals surface area contributed by atoms with Crippen molar-refractivity contribution in [2.45, 2.75) is 4.90 Å². The van der Waals surface area contributed by atoms with E-state index < -0.39 is 11.9 Å². The highest BCUT2D eigenvalue weighted by Gasteiger charge is 2.14. The first-order chi connectivity index (χ1) is 12.1. The fraction of sp³-hybridized carbons (Fsp3) is 0.176. The quantitative estimate of drug-likeness (QED) is 0.795. The van der Waals surface area contributed by atoms with Crippen LogP contribution < -0.4 is 20.1 Å². The van der Waals surface area contributed by atoms with Crippen molar-refractivity contribution in [2.24, 2.45) is 0 Å². The van der Waals surface area contributed by atoms with Gasteiger partial charge in [0.05, 0.1) is 5.75 Å². The van der Waals surface area contributed by atoms with Crippen molar-refractivity contribution >= 4 is 41.0 Å². The first kappa shape index (κ1) is 17.4. The maximum Gasteiger partial charge on any atom is 0.325 e. The van der Waals surface area contributed by atoms with Gasteiger partial charge in [0.1, 0.15) is 13.2 Å². The Morgan fingerprint density at radius 2 is 1.76 bits per heavy atom. The molecule has 1 aliphatic heterocycles. The largest absolute Gasteiger partial charge is 0.486 e. The normalized spacial score (nSPS) is 12.4. The van der Waals surface area contributed by atoms with Crippen molar-refractivity contribution in [2.75, 3.05) is 24.3 Å². The summed E-state index contributed by atoms with van der Waals surface area (Å²) < 4.78 is 10.9. The van der Waals surface area contributed by atoms with E-state index in [4.69, 9.17) is 21.1 Å². The van der Waals surface area contributed by atoms with Crippen LogP contribution in [0.4, 0.5) is 10.5 Å². The zero-order valence-electron chi connectivity index (χ0n) is 13.1. The number of urea groups is 1. The standard InChI is InChI=1S/C17H15ClN2O4S/c18-11-1-4-13(5-2-11)25-10-16(21)20-17(22)19-12-3-6-14-15(9-12)24-8-7-23-14/h1-6,9H,7-8,10H2,(H2,19,20,21,22). The number of ether oxygens (including phenoxy) is 2. The molecule has 2 N–H and O–H groups in total. The molecule has 0 spiro atoms. The fourth-order valence-corrected chi connectivity index (χ4v) is 2.95. The van der Waals surface area contributed by atoms with Crippen LogP contribution in [0.2, 0.25) is 5.02 Å². The number of amides is 3. The minimum absolute atomic E-state index is 0.121. The Bertz CT molecular complexity index is 783. The summed E-state index contributed by atoms with van der Waals surface area (Å²) in [5.41, 5.74) is 0.514. The van der Waals surface area contributed by atoms with E-state index >= 15 is 0 Å². The predicted molar refractivity (Wildman–Crippen MR) is 96.8 cm³/mol. The second kappa shape index (κ2) is 8.13. The molecule has 25 heavy (non-hydrogen) atoms. The van der Waals surface area contributed by atoms with Gasteiger partial charge in [-0.2, -0.15) is 0 Å². The number of nitrogens with one attached hydrogen (secondary N) is 2. The number of anilines is 1. The molecule has 0 unspecified atom stereocenters. The second-order valence-electron chi connectivity index (χ2n) is 5.10. The van der Waals surface area contributed by atoms with Crippen molar-refractivity contribution in [3.05, 3.63) is 47.5 Å². The summed E-state index contributed by atoms with van der Waals surface area (Å²) in [5.74, 6) is 0.923. The lowest BCUT2D eigenvalue weighted by molar-refractivity contribution is -0.117. The molecule has 1 aliphatic rings. The Morgan fingerprint density at radius 1 is 1.04 bits per heavy atom. The average Bonchev–Trinajstić information content (AvgIpc) is 2.61. The van der Waals surface area contributed by atoms with Gasteiger partial charge in [-0.25, -0.2) is 4.79 Å². The number of fused-ring (bicyclic) bond motifs is 1. The summed E-state index contributed by atoms with van der Waals surface area (Å²) in [7, 11) is 0. The van der Waals surface area contributed by atoms with Crippen molar-refractivity contribution in [1.82, 2.24) is 5.32 Å². The summed E-state index contributed by atoms with van der Waals surface area (Å²) >= 11 is 7.12. The molecule has 0 aromatic heterocycles. The summed E-state index contributed by atoms with van der Waals surface area (Å²) in [4.78, 5) is 24.7. The Labute approximate surface area is 153 Å². The topological polar surface area (TPSA) is 76.7 Å². The van der Waals surface area contributed by atoms with Gasteiger partial charge in [-0.05, 0) is 36.4 Å². The number of thioether (sulfide) groups is 1. The van der Waals surface area contributed by atoms with Crippen LogP contribution in [0.3, 0.4) is 0 Å². The highest BCUT2D eigenvalue weighted by Crippen LogP contribution is 2.32. The third-order valence-corrected chi connectivity index (χ3v) is 4.50. The third kappa shape index (κ3) is 5.04. The van der Waals surface area contributed by atoms with E-state index in [1.54, 1.807) is 30.3 Å². The number of carbonyl (C=O) groups is 2. The Balaban J connectivity index is 1.48. The van der Waals surface area contributed by atoms with Gasteiger partial charge in [-0.3, -0.25) is 10.1 Å². The fourth-order valence-electron chi connectivity index (χ4n) is 2.13. The molecule has 6 nitrogen and oxygen atoms in total. The highest BCUT2D eigenvalue weighted by molar-refractivity contribution is 8.00. The van der Waals surface area contributed by atoms with E-state index in [2.05, 4.69) is 10.6 Å². The van der Waals surface area contributed by atoms with Gasteiger partial charge in [0.25, 0.3) is 0 Å². The Kier molecular flexibility index (Phi) is 5.67. The lowest BCUT2D eigenvalue weighted by Gasteiger charge is -2.19. The lowest BCUT2D eigenvalue weighted by Crippen LogP contribution is -2.35. The summed E-state index contributed by atoms with van der Waals surface area (Å²) in [6.45, 7) is 0.961. The van der Waals surface area contributed by atoms with Gasteiger partial charge in [-0.15, -0.1) is 11.8 Å². The molecule has 0 fully saturated rings. The number of hydrogen-bond donors (Lipinski definition) is 2. The van der Waals surface area contributed by atoms with Crippen LogP contribution in [0.15, 0.2) is 47.4 Å². The molecule has 1 heterocycles. The first-order valence-electron chi connectivity index (χ1n) is 7.49. The summed E-state index contributed by atoms with van der Waals surface area (Å²) in [6.07, 6.45) is 0. The van der Waals surface area contributed by atoms with Crippen molar-refractivity contribution < 1.29 is 19.1 Å². The second-order valence-corrected chi connectivity index (χ2v) is 6.59. The van der Waals surface area contributed by atoms with E-state index in [1.807, 2.05) is 12.1 Å². The van der Waals surface area contributed by atoms with Crippen LogP contribution >= 0.6 is 23.4 Å². The minimum Gasteiger partial charge on any atom is -0.486 e. The van der Waals surface area contributed by atoms with E-state index in [0.29, 0.717) is 35.4 Å². The predicted octanol–water partition coefficient (Wildman–Crippen LogP) is 3.55. The van der Waals surface area contributed by atoms with Crippen molar-refractivity contribution in [3.8, 4) is 11.5 Å². The van der Waals surface area contributed by atoms with Gasteiger partial charge in [0, 0.05) is 21.7 Å². The lowest BCUT2D eigenvalue weighted by atomic mass is 10.2. The zero-order chi connectivity index (χ0) is 17.6. The van der Waals surface area contributed by atoms with Crippen LogP contribution in [-0.2, 0) is 4.79 Å². The van der Waals surface area contributed by atoms with Crippen molar-refractivity contribution in [1.29, 1.82) is 0 Å². The van der Waals surface area contributed by atoms with Gasteiger partial charge >= 0.3 is 6.03 Å². The number of hydrogen-bond acceptors (Lipinski definition) is 5. The molecule has 0 saturated heterocycles. The van der Waals surface area contributed by atoms with Crippen LogP contribution in [0.5, 0.6) is 11.5 Å². The molecule has 130 valence electrons. The molecule has 3 rings (SSSR count). The van der Waals surface area contributed by atoms with E-state index in [9.17, 15) is 9.59 Å². The summed E-state index contributed by atoms with van der Waals surface area (Å²) in [5, 5.41) is 5.51. The molecular weight excluding hydrogens is 364 g/mol. The van der Waals surface area contributed by atoms with E-state index in [1.165, 1.54) is 11.8 Å². The summed E-state index contributed by atoms with van der Waals surface area (Å²) in [6, 6.07) is 11.6. The van der Waals surface area contributed by atoms with Gasteiger partial charge in [0.15, 0.2) is 11.5 Å². The molecular formula is C17H15ClN2O4S. The first-order valence-corrected chi connectivity index (χ1v) is 8.85. The van der Waals surface area contributed by atoms with Crippen LogP contribution in [0, 0.1) is 0 Å². The molecule has 0 saturated carbocycles. The molecule has 8 heteroatoms. The maximum atomic E-state index is 11.9. The van der Waals surface area contributed by atoms with E-state index in [-0.39, 0.29) is 5.75 Å². The number of halogens is 1. The highest BCUT2D eigenvalue weighted by atomic mass is 35.5. The molecule has 0 bridgehead atoms. The van der Waals surface area contributed by atoms with Gasteiger partial charge < -0.3 is 14.8 Å². The molecule has 3 amide bonds. The van der Waals surface area contributed by atoms with Gasteiger partial charge in [-0.1, -0.05) is 11.6 Å². The zero-order valence-corrected chi connectivity index (χ0v) is 14.7. The van der Waals surface area contributed by atoms with Crippen LogP contribution in [0.25, 0.3) is 0 Å². The number of rotatable bonds is 4. The molecule has 0 aliphatic carbocycles. The minimum atomic E-state index is -0.599. The monoisotopic (exact) mass is 378 g/mol. The Hall–Kier alpha value is -2.38. The molecule has 0 atom stereocenters. The molecule has 2 aromatic carbocycles. The van der Waals surface area contributed by atoms with Gasteiger partial charge in [0.2, 0.25) is 5.91 Å². The number of imide groups is 1. The SMILES string of the molecule is O=C(CSc1ccc(Cl)cc1)NC(=O)Nc1ccc2c(c1)OCCO2. The molecule has 0 radical (unpaired) electrons.